The fourth-order valence-corrected chi connectivity index (χ4v) is 1.69. The van der Waals surface area contributed by atoms with Gasteiger partial charge in [0.05, 0.1) is 11.2 Å². The van der Waals surface area contributed by atoms with Crippen molar-refractivity contribution < 1.29 is 0 Å². The molecule has 0 radical (unpaired) electrons. The number of hydrogen-bond acceptors (Lipinski definition) is 1. The van der Waals surface area contributed by atoms with Gasteiger partial charge in [-0.15, -0.1) is 0 Å². The molecule has 0 saturated heterocycles. The lowest BCUT2D eigenvalue weighted by Crippen LogP contribution is -1.91. The molecule has 3 rings (SSSR count). The predicted molar refractivity (Wildman–Crippen MR) is 60.6 cm³/mol. The normalized spacial score (nSPS) is 10.7. The predicted octanol–water partition coefficient (Wildman–Crippen LogP) is 3.00. The Labute approximate surface area is 87.8 Å². The topological polar surface area (TPSA) is 17.3 Å². The smallest absolute Gasteiger partial charge is 0.0913 e. The number of rotatable bonds is 1. The van der Waals surface area contributed by atoms with Crippen molar-refractivity contribution in [1.82, 2.24) is 9.61 Å². The van der Waals surface area contributed by atoms with Crippen LogP contribution in [0.2, 0.25) is 0 Å². The lowest BCUT2D eigenvalue weighted by molar-refractivity contribution is 0.948. The molecule has 0 atom stereocenters. The molecule has 2 heteroatoms. The molecule has 0 unspecified atom stereocenters. The second-order valence-electron chi connectivity index (χ2n) is 3.46. The van der Waals surface area contributed by atoms with Crippen LogP contribution in [-0.2, 0) is 0 Å². The summed E-state index contributed by atoms with van der Waals surface area (Å²) in [6.45, 7) is 0. The molecule has 1 aromatic carbocycles. The van der Waals surface area contributed by atoms with Crippen LogP contribution < -0.4 is 0 Å². The maximum absolute atomic E-state index is 4.52. The lowest BCUT2D eigenvalue weighted by Gasteiger charge is -2.01. The Bertz CT molecular complexity index is 582. The van der Waals surface area contributed by atoms with Gasteiger partial charge in [0.25, 0.3) is 0 Å². The number of hydrogen-bond donors (Lipinski definition) is 0. The van der Waals surface area contributed by atoms with E-state index in [0.717, 1.165) is 16.8 Å². The van der Waals surface area contributed by atoms with E-state index in [0.29, 0.717) is 0 Å². The van der Waals surface area contributed by atoms with Crippen molar-refractivity contribution in [1.29, 1.82) is 0 Å². The van der Waals surface area contributed by atoms with Crippen molar-refractivity contribution in [3.05, 3.63) is 60.8 Å². The van der Waals surface area contributed by atoms with E-state index in [1.54, 1.807) is 0 Å². The minimum Gasteiger partial charge on any atom is -0.240 e. The average Bonchev–Trinajstić information content (AvgIpc) is 2.77. The molecule has 0 aliphatic rings. The van der Waals surface area contributed by atoms with Gasteiger partial charge < -0.3 is 0 Å². The molecule has 0 spiro atoms. The van der Waals surface area contributed by atoms with Crippen LogP contribution in [0.25, 0.3) is 16.8 Å². The molecule has 2 heterocycles. The van der Waals surface area contributed by atoms with Gasteiger partial charge in [-0.25, -0.2) is 4.52 Å². The van der Waals surface area contributed by atoms with E-state index in [1.807, 2.05) is 47.1 Å². The van der Waals surface area contributed by atoms with Gasteiger partial charge in [-0.2, -0.15) is 5.10 Å². The number of benzene rings is 1. The molecule has 2 nitrogen and oxygen atoms in total. The summed E-state index contributed by atoms with van der Waals surface area (Å²) < 4.78 is 1.89. The van der Waals surface area contributed by atoms with Crippen molar-refractivity contribution >= 4 is 5.52 Å². The standard InChI is InChI=1S/C13H10N2/c1-2-5-11(6-3-1)13-9-8-12-7-4-10-15(12)14-13/h1-10H. The third-order valence-electron chi connectivity index (χ3n) is 2.46. The van der Waals surface area contributed by atoms with Crippen LogP contribution >= 0.6 is 0 Å². The molecule has 2 aromatic heterocycles. The van der Waals surface area contributed by atoms with Gasteiger partial charge in [0.2, 0.25) is 0 Å². The monoisotopic (exact) mass is 194 g/mol. The zero-order valence-corrected chi connectivity index (χ0v) is 8.17. The van der Waals surface area contributed by atoms with Crippen LogP contribution in [-0.4, -0.2) is 9.61 Å². The molecule has 0 fully saturated rings. The van der Waals surface area contributed by atoms with Crippen molar-refractivity contribution in [3.8, 4) is 11.3 Å². The molecule has 0 aliphatic heterocycles. The van der Waals surface area contributed by atoms with E-state index in [2.05, 4.69) is 23.3 Å². The average molecular weight is 194 g/mol. The zero-order chi connectivity index (χ0) is 10.1. The fraction of sp³-hybridized carbons (Fsp3) is 0. The van der Waals surface area contributed by atoms with Gasteiger partial charge in [0.15, 0.2) is 0 Å². The van der Waals surface area contributed by atoms with E-state index in [-0.39, 0.29) is 0 Å². The van der Waals surface area contributed by atoms with E-state index in [4.69, 9.17) is 0 Å². The van der Waals surface area contributed by atoms with Gasteiger partial charge >= 0.3 is 0 Å². The highest BCUT2D eigenvalue weighted by Crippen LogP contribution is 2.16. The third kappa shape index (κ3) is 1.40. The molecular formula is C13H10N2. The molecule has 3 aromatic rings. The Morgan fingerprint density at radius 2 is 1.67 bits per heavy atom. The molecule has 0 amide bonds. The van der Waals surface area contributed by atoms with Crippen LogP contribution in [0, 0.1) is 0 Å². The molecule has 0 N–H and O–H groups in total. The van der Waals surface area contributed by atoms with Gasteiger partial charge in [-0.1, -0.05) is 30.3 Å². The van der Waals surface area contributed by atoms with E-state index < -0.39 is 0 Å². The first-order chi connectivity index (χ1) is 7.43. The first kappa shape index (κ1) is 8.24. The van der Waals surface area contributed by atoms with Gasteiger partial charge in [-0.05, 0) is 24.3 Å². The summed E-state index contributed by atoms with van der Waals surface area (Å²) in [5.41, 5.74) is 3.27. The highest BCUT2D eigenvalue weighted by molar-refractivity contribution is 5.61. The summed E-state index contributed by atoms with van der Waals surface area (Å²) in [5.74, 6) is 0. The lowest BCUT2D eigenvalue weighted by atomic mass is 10.1. The first-order valence-corrected chi connectivity index (χ1v) is 4.93. The van der Waals surface area contributed by atoms with Crippen molar-refractivity contribution in [3.63, 3.8) is 0 Å². The zero-order valence-electron chi connectivity index (χ0n) is 8.17. The fourth-order valence-electron chi connectivity index (χ4n) is 1.69. The van der Waals surface area contributed by atoms with Crippen LogP contribution in [0.3, 0.4) is 0 Å². The summed E-state index contributed by atoms with van der Waals surface area (Å²) in [4.78, 5) is 0. The summed E-state index contributed by atoms with van der Waals surface area (Å²) in [6.07, 6.45) is 1.96. The minimum atomic E-state index is 0.999. The van der Waals surface area contributed by atoms with Gasteiger partial charge in [-0.3, -0.25) is 0 Å². The summed E-state index contributed by atoms with van der Waals surface area (Å²) in [5, 5.41) is 4.52. The second kappa shape index (κ2) is 3.24. The maximum Gasteiger partial charge on any atom is 0.0913 e. The minimum absolute atomic E-state index is 0.999. The molecular weight excluding hydrogens is 184 g/mol. The Balaban J connectivity index is 2.19. The first-order valence-electron chi connectivity index (χ1n) is 4.93. The SMILES string of the molecule is c1ccc(-c2ccc3cccn3n2)cc1. The van der Waals surface area contributed by atoms with Crippen LogP contribution in [0.5, 0.6) is 0 Å². The Morgan fingerprint density at radius 3 is 2.53 bits per heavy atom. The Morgan fingerprint density at radius 1 is 0.800 bits per heavy atom. The van der Waals surface area contributed by atoms with Crippen molar-refractivity contribution in [2.24, 2.45) is 0 Å². The maximum atomic E-state index is 4.52. The largest absolute Gasteiger partial charge is 0.240 e. The number of fused-ring (bicyclic) bond motifs is 1. The van der Waals surface area contributed by atoms with E-state index in [1.165, 1.54) is 0 Å². The van der Waals surface area contributed by atoms with Gasteiger partial charge in [0, 0.05) is 11.8 Å². The van der Waals surface area contributed by atoms with Crippen LogP contribution in [0.4, 0.5) is 0 Å². The van der Waals surface area contributed by atoms with Gasteiger partial charge in [0.1, 0.15) is 0 Å². The molecule has 72 valence electrons. The summed E-state index contributed by atoms with van der Waals surface area (Å²) >= 11 is 0. The highest BCUT2D eigenvalue weighted by Gasteiger charge is 1.99. The quantitative estimate of drug-likeness (QED) is 0.582. The summed E-state index contributed by atoms with van der Waals surface area (Å²) in [7, 11) is 0. The van der Waals surface area contributed by atoms with Crippen LogP contribution in [0.15, 0.2) is 60.8 Å². The third-order valence-corrected chi connectivity index (χ3v) is 2.46. The van der Waals surface area contributed by atoms with Crippen molar-refractivity contribution in [2.75, 3.05) is 0 Å². The molecule has 0 saturated carbocycles. The van der Waals surface area contributed by atoms with Crippen LogP contribution in [0.1, 0.15) is 0 Å². The second-order valence-corrected chi connectivity index (χ2v) is 3.46. The highest BCUT2D eigenvalue weighted by atomic mass is 15.2. The van der Waals surface area contributed by atoms with Crippen molar-refractivity contribution in [2.45, 2.75) is 0 Å². The number of aromatic nitrogens is 2. The molecule has 0 bridgehead atoms. The molecule has 15 heavy (non-hydrogen) atoms. The van der Waals surface area contributed by atoms with E-state index >= 15 is 0 Å². The van der Waals surface area contributed by atoms with E-state index in [9.17, 15) is 0 Å². The number of nitrogens with zero attached hydrogens (tertiary/aromatic N) is 2. The molecule has 0 aliphatic carbocycles. The Kier molecular flexibility index (Phi) is 1.78. The Hall–Kier alpha value is -2.09. The summed E-state index contributed by atoms with van der Waals surface area (Å²) in [6, 6.07) is 18.4.